The first-order chi connectivity index (χ1) is 10.3. The molecule has 122 valence electrons. The van der Waals surface area contributed by atoms with E-state index < -0.39 is 21.8 Å². The predicted molar refractivity (Wildman–Crippen MR) is 85.8 cm³/mol. The lowest BCUT2D eigenvalue weighted by Crippen LogP contribution is -2.40. The Morgan fingerprint density at radius 2 is 1.91 bits per heavy atom. The minimum absolute atomic E-state index is 0.144. The van der Waals surface area contributed by atoms with Crippen molar-refractivity contribution >= 4 is 27.5 Å². The van der Waals surface area contributed by atoms with Gasteiger partial charge in [0.05, 0.1) is 12.2 Å². The van der Waals surface area contributed by atoms with Gasteiger partial charge in [0.1, 0.15) is 0 Å². The fourth-order valence-electron chi connectivity index (χ4n) is 2.52. The molecule has 1 saturated heterocycles. The lowest BCUT2D eigenvalue weighted by molar-refractivity contribution is -0.122. The van der Waals surface area contributed by atoms with Crippen LogP contribution in [0, 0.1) is 5.92 Å². The van der Waals surface area contributed by atoms with Crippen molar-refractivity contribution in [3.63, 3.8) is 0 Å². The maximum absolute atomic E-state index is 11.8. The number of hydrogen-bond acceptors (Lipinski definition) is 4. The highest BCUT2D eigenvalue weighted by Gasteiger charge is 2.30. The number of carbonyl (C=O) groups excluding carboxylic acids is 1. The summed E-state index contributed by atoms with van der Waals surface area (Å²) in [6.45, 7) is 2.13. The molecular weight excluding hydrogens is 326 g/mol. The maximum atomic E-state index is 11.8. The van der Waals surface area contributed by atoms with Crippen molar-refractivity contribution in [3.05, 3.63) is 34.9 Å². The van der Waals surface area contributed by atoms with Crippen molar-refractivity contribution in [1.29, 1.82) is 0 Å². The zero-order valence-electron chi connectivity index (χ0n) is 12.4. The average Bonchev–Trinajstić information content (AvgIpc) is 2.64. The van der Waals surface area contributed by atoms with Gasteiger partial charge in [-0.3, -0.25) is 9.69 Å². The van der Waals surface area contributed by atoms with Gasteiger partial charge >= 0.3 is 0 Å². The highest BCUT2D eigenvalue weighted by atomic mass is 35.5. The second-order valence-corrected chi connectivity index (χ2v) is 8.00. The van der Waals surface area contributed by atoms with Crippen LogP contribution in [-0.2, 0) is 21.4 Å². The monoisotopic (exact) mass is 345 g/mol. The molecule has 0 bridgehead atoms. The quantitative estimate of drug-likeness (QED) is 0.862. The van der Waals surface area contributed by atoms with Crippen LogP contribution < -0.4 is 5.73 Å². The van der Waals surface area contributed by atoms with Crippen molar-refractivity contribution in [3.8, 4) is 0 Å². The number of halogens is 1. The number of nitrogens with two attached hydrogens (primary N) is 1. The smallest absolute Gasteiger partial charge is 0.223 e. The summed E-state index contributed by atoms with van der Waals surface area (Å²) in [4.78, 5) is 13.6. The molecule has 6 nitrogen and oxygen atoms in total. The first-order valence-electron chi connectivity index (χ1n) is 6.97. The third-order valence-electron chi connectivity index (χ3n) is 3.76. The van der Waals surface area contributed by atoms with E-state index in [0.717, 1.165) is 11.8 Å². The standard InChI is InChI=1S/C14H20ClN3O3S/c1-22(20,21)18-7-6-17(9-12(10-18)14(16)19)8-11-2-4-13(15)5-3-11/h2-5,12H,6-10H2,1H3,(H2,16,19). The van der Waals surface area contributed by atoms with Gasteiger partial charge in [0, 0.05) is 37.7 Å². The minimum Gasteiger partial charge on any atom is -0.369 e. The number of sulfonamides is 1. The van der Waals surface area contributed by atoms with Crippen LogP contribution in [0.15, 0.2) is 24.3 Å². The molecule has 2 rings (SSSR count). The number of benzene rings is 1. The molecule has 1 amide bonds. The van der Waals surface area contributed by atoms with Crippen molar-refractivity contribution in [2.45, 2.75) is 6.54 Å². The summed E-state index contributed by atoms with van der Waals surface area (Å²) in [6, 6.07) is 7.45. The first kappa shape index (κ1) is 17.2. The molecule has 0 aliphatic carbocycles. The highest BCUT2D eigenvalue weighted by Crippen LogP contribution is 2.16. The van der Waals surface area contributed by atoms with Crippen LogP contribution in [0.3, 0.4) is 0 Å². The molecule has 1 aromatic carbocycles. The van der Waals surface area contributed by atoms with Crippen molar-refractivity contribution < 1.29 is 13.2 Å². The van der Waals surface area contributed by atoms with Gasteiger partial charge in [-0.2, -0.15) is 0 Å². The second-order valence-electron chi connectivity index (χ2n) is 5.58. The summed E-state index contributed by atoms with van der Waals surface area (Å²) in [7, 11) is -3.34. The summed E-state index contributed by atoms with van der Waals surface area (Å²) < 4.78 is 24.8. The van der Waals surface area contributed by atoms with E-state index in [-0.39, 0.29) is 6.54 Å². The first-order valence-corrected chi connectivity index (χ1v) is 9.19. The number of hydrogen-bond donors (Lipinski definition) is 1. The zero-order valence-corrected chi connectivity index (χ0v) is 14.0. The number of rotatable bonds is 4. The van der Waals surface area contributed by atoms with Gasteiger partial charge in [-0.15, -0.1) is 0 Å². The Morgan fingerprint density at radius 3 is 2.45 bits per heavy atom. The van der Waals surface area contributed by atoms with Gasteiger partial charge in [0.15, 0.2) is 0 Å². The highest BCUT2D eigenvalue weighted by molar-refractivity contribution is 7.88. The van der Waals surface area contributed by atoms with Crippen LogP contribution >= 0.6 is 11.6 Å². The van der Waals surface area contributed by atoms with E-state index in [0.29, 0.717) is 31.2 Å². The van der Waals surface area contributed by atoms with Gasteiger partial charge in [-0.25, -0.2) is 12.7 Å². The van der Waals surface area contributed by atoms with Crippen LogP contribution in [0.4, 0.5) is 0 Å². The van der Waals surface area contributed by atoms with Gasteiger partial charge < -0.3 is 5.73 Å². The molecule has 1 atom stereocenters. The summed E-state index contributed by atoms with van der Waals surface area (Å²) in [5.41, 5.74) is 6.47. The minimum atomic E-state index is -3.34. The molecule has 1 aliphatic rings. The van der Waals surface area contributed by atoms with Crippen molar-refractivity contribution in [2.24, 2.45) is 11.7 Å². The van der Waals surface area contributed by atoms with E-state index in [2.05, 4.69) is 0 Å². The third-order valence-corrected chi connectivity index (χ3v) is 5.28. The Balaban J connectivity index is 2.12. The van der Waals surface area contributed by atoms with E-state index in [1.165, 1.54) is 4.31 Å². The number of nitrogens with zero attached hydrogens (tertiary/aromatic N) is 2. The van der Waals surface area contributed by atoms with Crippen LogP contribution in [0.25, 0.3) is 0 Å². The molecule has 0 radical (unpaired) electrons. The second kappa shape index (κ2) is 6.95. The summed E-state index contributed by atoms with van der Waals surface area (Å²) >= 11 is 5.87. The topological polar surface area (TPSA) is 83.7 Å². The Morgan fingerprint density at radius 1 is 1.27 bits per heavy atom. The normalized spacial score (nSPS) is 21.5. The molecule has 1 unspecified atom stereocenters. The number of amides is 1. The molecular formula is C14H20ClN3O3S. The van der Waals surface area contributed by atoms with Crippen LogP contribution in [0.5, 0.6) is 0 Å². The van der Waals surface area contributed by atoms with E-state index >= 15 is 0 Å². The van der Waals surface area contributed by atoms with E-state index in [1.54, 1.807) is 0 Å². The Hall–Kier alpha value is -1.15. The third kappa shape index (κ3) is 4.67. The average molecular weight is 346 g/mol. The molecule has 8 heteroatoms. The lowest BCUT2D eigenvalue weighted by atomic mass is 10.1. The molecule has 0 aromatic heterocycles. The molecule has 1 heterocycles. The van der Waals surface area contributed by atoms with Crippen LogP contribution in [-0.4, -0.2) is 56.0 Å². The van der Waals surface area contributed by atoms with Gasteiger partial charge in [0.25, 0.3) is 0 Å². The van der Waals surface area contributed by atoms with Crippen LogP contribution in [0.2, 0.25) is 5.02 Å². The molecule has 0 saturated carbocycles. The Kier molecular flexibility index (Phi) is 5.44. The molecule has 1 aromatic rings. The Bertz CT molecular complexity index is 633. The van der Waals surface area contributed by atoms with Crippen LogP contribution in [0.1, 0.15) is 5.56 Å². The van der Waals surface area contributed by atoms with Gasteiger partial charge in [-0.05, 0) is 17.7 Å². The van der Waals surface area contributed by atoms with Gasteiger partial charge in [-0.1, -0.05) is 23.7 Å². The largest absolute Gasteiger partial charge is 0.369 e. The van der Waals surface area contributed by atoms with E-state index in [1.807, 2.05) is 29.2 Å². The molecule has 1 fully saturated rings. The van der Waals surface area contributed by atoms with Crippen molar-refractivity contribution in [2.75, 3.05) is 32.4 Å². The lowest BCUT2D eigenvalue weighted by Gasteiger charge is -2.22. The number of primary amides is 1. The predicted octanol–water partition coefficient (Wildman–Crippen LogP) is 0.519. The maximum Gasteiger partial charge on any atom is 0.223 e. The SMILES string of the molecule is CS(=O)(=O)N1CCN(Cc2ccc(Cl)cc2)CC(C(N)=O)C1. The fraction of sp³-hybridized carbons (Fsp3) is 0.500. The summed E-state index contributed by atoms with van der Waals surface area (Å²) in [5.74, 6) is -0.985. The number of carbonyl (C=O) groups is 1. The van der Waals surface area contributed by atoms with Crippen molar-refractivity contribution in [1.82, 2.24) is 9.21 Å². The molecule has 0 spiro atoms. The molecule has 22 heavy (non-hydrogen) atoms. The Labute approximate surface area is 135 Å². The zero-order chi connectivity index (χ0) is 16.3. The van der Waals surface area contributed by atoms with E-state index in [4.69, 9.17) is 17.3 Å². The van der Waals surface area contributed by atoms with Gasteiger partial charge in [0.2, 0.25) is 15.9 Å². The summed E-state index contributed by atoms with van der Waals surface area (Å²) in [5, 5.41) is 0.665. The molecule has 1 aliphatic heterocycles. The fourth-order valence-corrected chi connectivity index (χ4v) is 3.51. The summed E-state index contributed by atoms with van der Waals surface area (Å²) in [6.07, 6.45) is 1.15. The van der Waals surface area contributed by atoms with E-state index in [9.17, 15) is 13.2 Å². The molecule has 2 N–H and O–H groups in total.